The Morgan fingerprint density at radius 2 is 1.60 bits per heavy atom. The highest BCUT2D eigenvalue weighted by Gasteiger charge is 2.42. The lowest BCUT2D eigenvalue weighted by atomic mass is 10.1. The molecule has 0 bridgehead atoms. The van der Waals surface area contributed by atoms with Gasteiger partial charge in [-0.15, -0.1) is 0 Å². The Morgan fingerprint density at radius 1 is 0.886 bits per heavy atom. The van der Waals surface area contributed by atoms with Gasteiger partial charge in [0, 0.05) is 19.6 Å². The van der Waals surface area contributed by atoms with E-state index in [4.69, 9.17) is 4.74 Å². The lowest BCUT2D eigenvalue weighted by Gasteiger charge is -2.30. The van der Waals surface area contributed by atoms with E-state index in [-0.39, 0.29) is 29.9 Å². The van der Waals surface area contributed by atoms with Gasteiger partial charge in [-0.05, 0) is 55.4 Å². The Hall–Kier alpha value is -3.75. The van der Waals surface area contributed by atoms with Crippen LogP contribution >= 0.6 is 0 Å². The van der Waals surface area contributed by atoms with Gasteiger partial charge < -0.3 is 25.2 Å². The standard InChI is InChI=1S/C26H31N3O6/c30-22-11-10-18(16-23(22)31)12-13-27-24(32)20-8-4-14-28(20)25(33)21-9-5-15-29(21)26(34)35-17-19-6-2-1-3-7-19/h1-3,6-7,10-11,16,20-21,30-31H,4-5,8-9,12-15,17H2,(H,27,32)/t20-,21-/m0/s1. The van der Waals surface area contributed by atoms with Crippen LogP contribution in [0.25, 0.3) is 0 Å². The van der Waals surface area contributed by atoms with Gasteiger partial charge in [0.15, 0.2) is 11.5 Å². The first-order valence-corrected chi connectivity index (χ1v) is 12.0. The van der Waals surface area contributed by atoms with Crippen molar-refractivity contribution in [2.24, 2.45) is 0 Å². The molecule has 0 aromatic heterocycles. The molecule has 3 N–H and O–H groups in total. The normalized spacial score (nSPS) is 19.5. The van der Waals surface area contributed by atoms with Gasteiger partial charge in [-0.25, -0.2) is 4.79 Å². The van der Waals surface area contributed by atoms with Gasteiger partial charge in [0.25, 0.3) is 0 Å². The third kappa shape index (κ3) is 5.85. The number of aromatic hydroxyl groups is 2. The van der Waals surface area contributed by atoms with Gasteiger partial charge in [-0.3, -0.25) is 14.5 Å². The van der Waals surface area contributed by atoms with Gasteiger partial charge >= 0.3 is 6.09 Å². The molecule has 2 heterocycles. The van der Waals surface area contributed by atoms with Crippen molar-refractivity contribution in [1.82, 2.24) is 15.1 Å². The third-order valence-electron chi connectivity index (χ3n) is 6.57. The van der Waals surface area contributed by atoms with Crippen LogP contribution in [0.15, 0.2) is 48.5 Å². The van der Waals surface area contributed by atoms with Crippen LogP contribution in [0.4, 0.5) is 4.79 Å². The van der Waals surface area contributed by atoms with Crippen molar-refractivity contribution in [3.05, 3.63) is 59.7 Å². The third-order valence-corrected chi connectivity index (χ3v) is 6.57. The molecule has 2 aliphatic heterocycles. The first kappa shape index (κ1) is 24.4. The molecule has 9 heteroatoms. The smallest absolute Gasteiger partial charge is 0.410 e. The summed E-state index contributed by atoms with van der Waals surface area (Å²) in [5.41, 5.74) is 1.65. The molecule has 2 atom stereocenters. The van der Waals surface area contributed by atoms with Crippen LogP contribution < -0.4 is 5.32 Å². The Kier molecular flexibility index (Phi) is 7.74. The number of rotatable bonds is 7. The molecular formula is C26H31N3O6. The Balaban J connectivity index is 1.31. The van der Waals surface area contributed by atoms with Gasteiger partial charge in [0.2, 0.25) is 11.8 Å². The number of carbonyl (C=O) groups excluding carboxylic acids is 3. The Bertz CT molecular complexity index is 1060. The number of amides is 3. The highest BCUT2D eigenvalue weighted by Crippen LogP contribution is 2.26. The van der Waals surface area contributed by atoms with E-state index < -0.39 is 18.2 Å². The van der Waals surface area contributed by atoms with E-state index in [2.05, 4.69) is 5.32 Å². The molecule has 2 saturated heterocycles. The van der Waals surface area contributed by atoms with Crippen LogP contribution in [-0.2, 0) is 27.4 Å². The molecule has 186 valence electrons. The first-order valence-electron chi connectivity index (χ1n) is 12.0. The largest absolute Gasteiger partial charge is 0.504 e. The van der Waals surface area contributed by atoms with E-state index in [0.717, 1.165) is 17.5 Å². The summed E-state index contributed by atoms with van der Waals surface area (Å²) < 4.78 is 5.44. The number of phenolic OH excluding ortho intramolecular Hbond substituents is 2. The van der Waals surface area contributed by atoms with E-state index in [9.17, 15) is 24.6 Å². The van der Waals surface area contributed by atoms with Crippen LogP contribution in [-0.4, -0.2) is 69.6 Å². The zero-order chi connectivity index (χ0) is 24.8. The van der Waals surface area contributed by atoms with Crippen LogP contribution in [0.3, 0.4) is 0 Å². The molecule has 0 saturated carbocycles. The number of nitrogens with zero attached hydrogens (tertiary/aromatic N) is 2. The second kappa shape index (κ2) is 11.1. The summed E-state index contributed by atoms with van der Waals surface area (Å²) in [5.74, 6) is -0.831. The number of nitrogens with one attached hydrogen (secondary N) is 1. The van der Waals surface area contributed by atoms with Crippen molar-refractivity contribution in [1.29, 1.82) is 0 Å². The number of likely N-dealkylation sites (tertiary alicyclic amines) is 2. The van der Waals surface area contributed by atoms with E-state index in [1.54, 1.807) is 11.0 Å². The molecule has 3 amide bonds. The zero-order valence-corrected chi connectivity index (χ0v) is 19.6. The number of carbonyl (C=O) groups is 3. The summed E-state index contributed by atoms with van der Waals surface area (Å²) in [6.45, 7) is 1.41. The molecule has 2 aromatic carbocycles. The van der Waals surface area contributed by atoms with Gasteiger partial charge in [0.1, 0.15) is 18.7 Å². The van der Waals surface area contributed by atoms with E-state index in [1.165, 1.54) is 17.0 Å². The van der Waals surface area contributed by atoms with Crippen LogP contribution in [0, 0.1) is 0 Å². The predicted octanol–water partition coefficient (Wildman–Crippen LogP) is 2.55. The molecule has 4 rings (SSSR count). The molecular weight excluding hydrogens is 450 g/mol. The molecule has 0 spiro atoms. The van der Waals surface area contributed by atoms with Gasteiger partial charge in [-0.1, -0.05) is 36.4 Å². The average molecular weight is 482 g/mol. The van der Waals surface area contributed by atoms with E-state index in [1.807, 2.05) is 30.3 Å². The molecule has 0 unspecified atom stereocenters. The number of hydrogen-bond donors (Lipinski definition) is 3. The monoisotopic (exact) mass is 481 g/mol. The fraction of sp³-hybridized carbons (Fsp3) is 0.423. The fourth-order valence-corrected chi connectivity index (χ4v) is 4.71. The summed E-state index contributed by atoms with van der Waals surface area (Å²) in [6.07, 6.45) is 2.52. The molecule has 0 aliphatic carbocycles. The minimum atomic E-state index is -0.619. The topological polar surface area (TPSA) is 119 Å². The molecule has 0 radical (unpaired) electrons. The lowest BCUT2D eigenvalue weighted by molar-refractivity contribution is -0.141. The fourth-order valence-electron chi connectivity index (χ4n) is 4.71. The van der Waals surface area contributed by atoms with E-state index in [0.29, 0.717) is 45.3 Å². The maximum Gasteiger partial charge on any atom is 0.410 e. The second-order valence-corrected chi connectivity index (χ2v) is 8.95. The summed E-state index contributed by atoms with van der Waals surface area (Å²) in [6, 6.07) is 12.7. The van der Waals surface area contributed by atoms with Crippen molar-refractivity contribution in [2.45, 2.75) is 50.8 Å². The quantitative estimate of drug-likeness (QED) is 0.523. The number of phenols is 2. The van der Waals surface area contributed by atoms with E-state index >= 15 is 0 Å². The molecule has 2 aliphatic rings. The minimum absolute atomic E-state index is 0.143. The maximum absolute atomic E-state index is 13.4. The summed E-state index contributed by atoms with van der Waals surface area (Å²) in [5, 5.41) is 21.9. The van der Waals surface area contributed by atoms with Crippen molar-refractivity contribution in [3.63, 3.8) is 0 Å². The summed E-state index contributed by atoms with van der Waals surface area (Å²) in [7, 11) is 0. The summed E-state index contributed by atoms with van der Waals surface area (Å²) >= 11 is 0. The molecule has 2 aromatic rings. The van der Waals surface area contributed by atoms with Crippen LogP contribution in [0.5, 0.6) is 11.5 Å². The number of benzene rings is 2. The Morgan fingerprint density at radius 3 is 2.34 bits per heavy atom. The molecule has 9 nitrogen and oxygen atoms in total. The van der Waals surface area contributed by atoms with Crippen molar-refractivity contribution < 1.29 is 29.3 Å². The van der Waals surface area contributed by atoms with Gasteiger partial charge in [0.05, 0.1) is 0 Å². The van der Waals surface area contributed by atoms with Crippen molar-refractivity contribution >= 4 is 17.9 Å². The SMILES string of the molecule is O=C(NCCc1ccc(O)c(O)c1)[C@@H]1CCCN1C(=O)[C@@H]1CCCN1C(=O)OCc1ccccc1. The number of ether oxygens (including phenoxy) is 1. The first-order chi connectivity index (χ1) is 16.9. The highest BCUT2D eigenvalue weighted by molar-refractivity contribution is 5.92. The van der Waals surface area contributed by atoms with Crippen LogP contribution in [0.1, 0.15) is 36.8 Å². The highest BCUT2D eigenvalue weighted by atomic mass is 16.6. The molecule has 2 fully saturated rings. The minimum Gasteiger partial charge on any atom is -0.504 e. The Labute approximate surface area is 204 Å². The van der Waals surface area contributed by atoms with Crippen molar-refractivity contribution in [2.75, 3.05) is 19.6 Å². The zero-order valence-electron chi connectivity index (χ0n) is 19.6. The van der Waals surface area contributed by atoms with Gasteiger partial charge in [-0.2, -0.15) is 0 Å². The second-order valence-electron chi connectivity index (χ2n) is 8.95. The average Bonchev–Trinajstić information content (AvgIpc) is 3.55. The summed E-state index contributed by atoms with van der Waals surface area (Å²) in [4.78, 5) is 42.0. The number of hydrogen-bond acceptors (Lipinski definition) is 6. The predicted molar refractivity (Wildman–Crippen MR) is 128 cm³/mol. The van der Waals surface area contributed by atoms with Crippen molar-refractivity contribution in [3.8, 4) is 11.5 Å². The maximum atomic E-state index is 13.4. The lowest BCUT2D eigenvalue weighted by Crippen LogP contribution is -2.53. The molecule has 35 heavy (non-hydrogen) atoms. The van der Waals surface area contributed by atoms with Crippen LogP contribution in [0.2, 0.25) is 0 Å².